The van der Waals surface area contributed by atoms with Crippen LogP contribution in [-0.4, -0.2) is 17.2 Å². The summed E-state index contributed by atoms with van der Waals surface area (Å²) in [5.41, 5.74) is 1.17. The Hall–Kier alpha value is -1.95. The van der Waals surface area contributed by atoms with Crippen molar-refractivity contribution in [3.05, 3.63) is 35.5 Å². The second-order valence-electron chi connectivity index (χ2n) is 3.62. The van der Waals surface area contributed by atoms with Crippen LogP contribution in [0.1, 0.15) is 11.5 Å². The number of benzene rings is 1. The maximum atomic E-state index is 13.3. The number of nitrogens with zero attached hydrogens (tertiary/aromatic N) is 2. The lowest BCUT2D eigenvalue weighted by Gasteiger charge is -2.02. The lowest BCUT2D eigenvalue weighted by Crippen LogP contribution is -2.04. The van der Waals surface area contributed by atoms with E-state index in [9.17, 15) is 4.39 Å². The standard InChI is InChI=1S/C11H13FN4O/c1-7-3-4-8(5-9(7)12)14-11-16-15-10(17-11)6-13-2/h3-5,13H,6H2,1-2H3,(H,14,16). The zero-order chi connectivity index (χ0) is 12.3. The van der Waals surface area contributed by atoms with Gasteiger partial charge in [0.05, 0.1) is 6.54 Å². The number of rotatable bonds is 4. The van der Waals surface area contributed by atoms with Gasteiger partial charge in [-0.1, -0.05) is 11.2 Å². The van der Waals surface area contributed by atoms with Gasteiger partial charge in [-0.25, -0.2) is 4.39 Å². The maximum absolute atomic E-state index is 13.3. The second kappa shape index (κ2) is 4.92. The fraction of sp³-hybridized carbons (Fsp3) is 0.273. The summed E-state index contributed by atoms with van der Waals surface area (Å²) in [7, 11) is 1.78. The van der Waals surface area contributed by atoms with Crippen molar-refractivity contribution in [2.75, 3.05) is 12.4 Å². The predicted octanol–water partition coefficient (Wildman–Crippen LogP) is 1.98. The Labute approximate surface area is 98.1 Å². The van der Waals surface area contributed by atoms with Gasteiger partial charge in [-0.3, -0.25) is 0 Å². The van der Waals surface area contributed by atoms with Crippen LogP contribution in [0.4, 0.5) is 16.1 Å². The van der Waals surface area contributed by atoms with Gasteiger partial charge < -0.3 is 15.1 Å². The smallest absolute Gasteiger partial charge is 0.320 e. The van der Waals surface area contributed by atoms with E-state index in [2.05, 4.69) is 20.8 Å². The van der Waals surface area contributed by atoms with Crippen molar-refractivity contribution < 1.29 is 8.81 Å². The molecule has 1 heterocycles. The minimum Gasteiger partial charge on any atom is -0.406 e. The number of anilines is 2. The van der Waals surface area contributed by atoms with Gasteiger partial charge in [0.2, 0.25) is 5.89 Å². The van der Waals surface area contributed by atoms with Gasteiger partial charge in [0, 0.05) is 5.69 Å². The molecule has 0 aliphatic rings. The Morgan fingerprint density at radius 1 is 1.35 bits per heavy atom. The zero-order valence-electron chi connectivity index (χ0n) is 9.62. The van der Waals surface area contributed by atoms with Gasteiger partial charge in [-0.05, 0) is 31.7 Å². The molecular weight excluding hydrogens is 223 g/mol. The summed E-state index contributed by atoms with van der Waals surface area (Å²) >= 11 is 0. The first-order chi connectivity index (χ1) is 8.19. The Morgan fingerprint density at radius 3 is 2.88 bits per heavy atom. The third-order valence-corrected chi connectivity index (χ3v) is 2.22. The molecule has 6 heteroatoms. The highest BCUT2D eigenvalue weighted by Crippen LogP contribution is 2.18. The van der Waals surface area contributed by atoms with E-state index in [4.69, 9.17) is 4.42 Å². The van der Waals surface area contributed by atoms with Crippen molar-refractivity contribution in [1.29, 1.82) is 0 Å². The fourth-order valence-electron chi connectivity index (χ4n) is 1.32. The molecule has 0 radical (unpaired) electrons. The predicted molar refractivity (Wildman–Crippen MR) is 61.5 cm³/mol. The average Bonchev–Trinajstić information content (AvgIpc) is 2.72. The molecular formula is C11H13FN4O. The minimum atomic E-state index is -0.273. The van der Waals surface area contributed by atoms with E-state index in [1.54, 1.807) is 26.1 Å². The molecule has 0 saturated carbocycles. The van der Waals surface area contributed by atoms with Crippen LogP contribution < -0.4 is 10.6 Å². The van der Waals surface area contributed by atoms with Gasteiger partial charge in [-0.15, -0.1) is 5.10 Å². The average molecular weight is 236 g/mol. The fourth-order valence-corrected chi connectivity index (χ4v) is 1.32. The summed E-state index contributed by atoms with van der Waals surface area (Å²) < 4.78 is 18.6. The van der Waals surface area contributed by atoms with Crippen LogP contribution in [-0.2, 0) is 6.54 Å². The molecule has 2 N–H and O–H groups in total. The molecule has 0 bridgehead atoms. The van der Waals surface area contributed by atoms with E-state index in [-0.39, 0.29) is 11.8 Å². The monoisotopic (exact) mass is 236 g/mol. The molecule has 0 atom stereocenters. The molecule has 0 saturated heterocycles. The lowest BCUT2D eigenvalue weighted by atomic mass is 10.2. The van der Waals surface area contributed by atoms with Crippen LogP contribution in [0.15, 0.2) is 22.6 Å². The molecule has 1 aromatic carbocycles. The number of hydrogen-bond acceptors (Lipinski definition) is 5. The highest BCUT2D eigenvalue weighted by atomic mass is 19.1. The third kappa shape index (κ3) is 2.79. The van der Waals surface area contributed by atoms with Gasteiger partial charge in [0.25, 0.3) is 0 Å². The SMILES string of the molecule is CNCc1nnc(Nc2ccc(C)c(F)c2)o1. The highest BCUT2D eigenvalue weighted by Gasteiger charge is 2.06. The van der Waals surface area contributed by atoms with E-state index in [0.717, 1.165) is 0 Å². The summed E-state index contributed by atoms with van der Waals surface area (Å²) in [6, 6.07) is 5.07. The molecule has 2 aromatic rings. The summed E-state index contributed by atoms with van der Waals surface area (Å²) in [5.74, 6) is 0.201. The van der Waals surface area contributed by atoms with Gasteiger partial charge >= 0.3 is 6.01 Å². The van der Waals surface area contributed by atoms with Crippen molar-refractivity contribution >= 4 is 11.7 Å². The molecule has 0 amide bonds. The van der Waals surface area contributed by atoms with Gasteiger partial charge in [0.1, 0.15) is 5.82 Å². The van der Waals surface area contributed by atoms with E-state index in [0.29, 0.717) is 23.7 Å². The Morgan fingerprint density at radius 2 is 2.18 bits per heavy atom. The Bertz CT molecular complexity index is 512. The van der Waals surface area contributed by atoms with Crippen LogP contribution in [0.3, 0.4) is 0 Å². The molecule has 90 valence electrons. The Balaban J connectivity index is 2.11. The first-order valence-electron chi connectivity index (χ1n) is 5.19. The number of halogens is 1. The summed E-state index contributed by atoms with van der Waals surface area (Å²) in [4.78, 5) is 0. The molecule has 0 unspecified atom stereocenters. The molecule has 0 aliphatic heterocycles. The van der Waals surface area contributed by atoms with Crippen LogP contribution in [0.5, 0.6) is 0 Å². The molecule has 5 nitrogen and oxygen atoms in total. The van der Waals surface area contributed by atoms with Crippen molar-refractivity contribution in [2.24, 2.45) is 0 Å². The third-order valence-electron chi connectivity index (χ3n) is 2.22. The van der Waals surface area contributed by atoms with E-state index in [1.807, 2.05) is 0 Å². The molecule has 0 aliphatic carbocycles. The van der Waals surface area contributed by atoms with Crippen molar-refractivity contribution in [3.8, 4) is 0 Å². The molecule has 0 fully saturated rings. The first-order valence-corrected chi connectivity index (χ1v) is 5.19. The van der Waals surface area contributed by atoms with Gasteiger partial charge in [0.15, 0.2) is 0 Å². The van der Waals surface area contributed by atoms with E-state index < -0.39 is 0 Å². The van der Waals surface area contributed by atoms with Crippen LogP contribution in [0.2, 0.25) is 0 Å². The van der Waals surface area contributed by atoms with Crippen molar-refractivity contribution in [1.82, 2.24) is 15.5 Å². The van der Waals surface area contributed by atoms with Crippen LogP contribution in [0.25, 0.3) is 0 Å². The molecule has 1 aromatic heterocycles. The van der Waals surface area contributed by atoms with Crippen molar-refractivity contribution in [2.45, 2.75) is 13.5 Å². The first kappa shape index (κ1) is 11.5. The number of aryl methyl sites for hydroxylation is 1. The zero-order valence-corrected chi connectivity index (χ0v) is 9.62. The van der Waals surface area contributed by atoms with Crippen LogP contribution >= 0.6 is 0 Å². The maximum Gasteiger partial charge on any atom is 0.320 e. The number of hydrogen-bond donors (Lipinski definition) is 2. The second-order valence-corrected chi connectivity index (χ2v) is 3.62. The quantitative estimate of drug-likeness (QED) is 0.849. The Kier molecular flexibility index (Phi) is 3.34. The lowest BCUT2D eigenvalue weighted by molar-refractivity contribution is 0.493. The van der Waals surface area contributed by atoms with E-state index in [1.165, 1.54) is 6.07 Å². The van der Waals surface area contributed by atoms with Crippen molar-refractivity contribution in [3.63, 3.8) is 0 Å². The molecule has 0 spiro atoms. The van der Waals surface area contributed by atoms with Gasteiger partial charge in [-0.2, -0.15) is 0 Å². The summed E-state index contributed by atoms with van der Waals surface area (Å²) in [5, 5.41) is 13.3. The number of nitrogens with one attached hydrogen (secondary N) is 2. The highest BCUT2D eigenvalue weighted by molar-refractivity contribution is 5.52. The van der Waals surface area contributed by atoms with Crippen LogP contribution in [0, 0.1) is 12.7 Å². The summed E-state index contributed by atoms with van der Waals surface area (Å²) in [6.45, 7) is 2.20. The van der Waals surface area contributed by atoms with E-state index >= 15 is 0 Å². The summed E-state index contributed by atoms with van der Waals surface area (Å²) in [6.07, 6.45) is 0. The topological polar surface area (TPSA) is 63.0 Å². The molecule has 2 rings (SSSR count). The minimum absolute atomic E-state index is 0.249. The number of aromatic nitrogens is 2. The molecule has 17 heavy (non-hydrogen) atoms. The normalized spacial score (nSPS) is 10.5. The largest absolute Gasteiger partial charge is 0.406 e.